The number of ether oxygens (including phenoxy) is 1. The largest absolute Gasteiger partial charge is 0.446 e. The molecule has 90 valence electrons. The molecule has 0 saturated carbocycles. The van der Waals surface area contributed by atoms with Gasteiger partial charge in [0, 0.05) is 0 Å². The molecule has 1 aromatic carbocycles. The third-order valence-corrected chi connectivity index (χ3v) is 3.16. The Bertz CT molecular complexity index is 432. The van der Waals surface area contributed by atoms with E-state index in [2.05, 4.69) is 0 Å². The van der Waals surface area contributed by atoms with E-state index in [1.165, 1.54) is 4.90 Å². The molecule has 2 atom stereocenters. The first-order valence-electron chi connectivity index (χ1n) is 5.56. The Morgan fingerprint density at radius 1 is 1.41 bits per heavy atom. The van der Waals surface area contributed by atoms with Crippen molar-refractivity contribution in [2.24, 2.45) is 0 Å². The molecule has 0 radical (unpaired) electrons. The van der Waals surface area contributed by atoms with Crippen molar-refractivity contribution in [2.45, 2.75) is 25.4 Å². The molecular formula is C13H15NO3. The number of aldehydes is 1. The molecule has 0 spiro atoms. The second kappa shape index (κ2) is 4.20. The molecule has 0 aromatic heterocycles. The van der Waals surface area contributed by atoms with Gasteiger partial charge in [-0.15, -0.1) is 0 Å². The fourth-order valence-corrected chi connectivity index (χ4v) is 2.13. The number of rotatable bonds is 3. The topological polar surface area (TPSA) is 46.6 Å². The normalized spacial score (nSPS) is 25.5. The molecule has 1 fully saturated rings. The molecule has 0 bridgehead atoms. The van der Waals surface area contributed by atoms with Crippen molar-refractivity contribution in [3.05, 3.63) is 35.9 Å². The van der Waals surface area contributed by atoms with Gasteiger partial charge in [-0.3, -0.25) is 4.90 Å². The van der Waals surface area contributed by atoms with Gasteiger partial charge in [-0.2, -0.15) is 0 Å². The number of benzene rings is 1. The van der Waals surface area contributed by atoms with Crippen LogP contribution < -0.4 is 0 Å². The maximum Gasteiger partial charge on any atom is 0.411 e. The van der Waals surface area contributed by atoms with Crippen LogP contribution in [0.1, 0.15) is 25.5 Å². The highest BCUT2D eigenvalue weighted by atomic mass is 16.6. The molecular weight excluding hydrogens is 218 g/mol. The van der Waals surface area contributed by atoms with Gasteiger partial charge >= 0.3 is 6.09 Å². The second-order valence-corrected chi connectivity index (χ2v) is 4.49. The van der Waals surface area contributed by atoms with E-state index in [9.17, 15) is 9.59 Å². The highest BCUT2D eigenvalue weighted by Gasteiger charge is 2.46. The smallest absolute Gasteiger partial charge is 0.411 e. The van der Waals surface area contributed by atoms with Gasteiger partial charge in [-0.05, 0) is 19.4 Å². The summed E-state index contributed by atoms with van der Waals surface area (Å²) in [6, 6.07) is 9.42. The van der Waals surface area contributed by atoms with Crippen LogP contribution in [0.5, 0.6) is 0 Å². The van der Waals surface area contributed by atoms with Crippen LogP contribution in [-0.4, -0.2) is 29.4 Å². The highest BCUT2D eigenvalue weighted by Crippen LogP contribution is 2.32. The summed E-state index contributed by atoms with van der Waals surface area (Å²) in [5, 5.41) is 0. The van der Waals surface area contributed by atoms with Gasteiger partial charge in [-0.1, -0.05) is 30.3 Å². The van der Waals surface area contributed by atoms with E-state index >= 15 is 0 Å². The lowest BCUT2D eigenvalue weighted by Crippen LogP contribution is -2.47. The molecule has 1 saturated heterocycles. The molecule has 1 aliphatic rings. The number of carbonyl (C=O) groups is 2. The Morgan fingerprint density at radius 3 is 2.65 bits per heavy atom. The standard InChI is InChI=1S/C13H15NO3/c1-10(11-6-4-3-5-7-11)14-12(16)17-9-13(14,2)8-15/h3-8,10H,9H2,1-2H3/t10-,13+/m0/s1. The predicted octanol–water partition coefficient (Wildman–Crippen LogP) is 2.16. The lowest BCUT2D eigenvalue weighted by Gasteiger charge is -2.32. The van der Waals surface area contributed by atoms with Gasteiger partial charge in [0.2, 0.25) is 0 Å². The van der Waals surface area contributed by atoms with Crippen molar-refractivity contribution in [1.29, 1.82) is 0 Å². The van der Waals surface area contributed by atoms with Crippen molar-refractivity contribution in [2.75, 3.05) is 6.61 Å². The number of amides is 1. The number of cyclic esters (lactones) is 1. The summed E-state index contributed by atoms with van der Waals surface area (Å²) in [6.45, 7) is 3.72. The summed E-state index contributed by atoms with van der Waals surface area (Å²) in [6.07, 6.45) is 0.341. The minimum atomic E-state index is -0.869. The Labute approximate surface area is 100 Å². The zero-order valence-electron chi connectivity index (χ0n) is 9.92. The van der Waals surface area contributed by atoms with Crippen LogP contribution >= 0.6 is 0 Å². The lowest BCUT2D eigenvalue weighted by atomic mass is 9.99. The fourth-order valence-electron chi connectivity index (χ4n) is 2.13. The van der Waals surface area contributed by atoms with Crippen LogP contribution in [0, 0.1) is 0 Å². The van der Waals surface area contributed by atoms with Crippen LogP contribution in [0.25, 0.3) is 0 Å². The molecule has 17 heavy (non-hydrogen) atoms. The van der Waals surface area contributed by atoms with Gasteiger partial charge in [0.15, 0.2) is 0 Å². The number of nitrogens with zero attached hydrogens (tertiary/aromatic N) is 1. The summed E-state index contributed by atoms with van der Waals surface area (Å²) in [4.78, 5) is 24.4. The molecule has 0 unspecified atom stereocenters. The van der Waals surface area contributed by atoms with Crippen molar-refractivity contribution >= 4 is 12.4 Å². The van der Waals surface area contributed by atoms with Gasteiger partial charge in [-0.25, -0.2) is 4.79 Å². The van der Waals surface area contributed by atoms with Crippen LogP contribution in [0.15, 0.2) is 30.3 Å². The number of hydrogen-bond donors (Lipinski definition) is 0. The fraction of sp³-hybridized carbons (Fsp3) is 0.385. The van der Waals surface area contributed by atoms with Gasteiger partial charge < -0.3 is 9.53 Å². The third-order valence-electron chi connectivity index (χ3n) is 3.16. The van der Waals surface area contributed by atoms with E-state index in [-0.39, 0.29) is 12.6 Å². The van der Waals surface area contributed by atoms with E-state index < -0.39 is 11.6 Å². The molecule has 4 heteroatoms. The van der Waals surface area contributed by atoms with E-state index in [0.29, 0.717) is 0 Å². The van der Waals surface area contributed by atoms with Crippen molar-refractivity contribution in [3.8, 4) is 0 Å². The van der Waals surface area contributed by atoms with Crippen molar-refractivity contribution in [1.82, 2.24) is 4.90 Å². The van der Waals surface area contributed by atoms with Gasteiger partial charge in [0.1, 0.15) is 18.4 Å². The van der Waals surface area contributed by atoms with Gasteiger partial charge in [0.25, 0.3) is 0 Å². The molecule has 1 heterocycles. The van der Waals surface area contributed by atoms with Crippen LogP contribution in [0.4, 0.5) is 4.79 Å². The van der Waals surface area contributed by atoms with Crippen molar-refractivity contribution < 1.29 is 14.3 Å². The van der Waals surface area contributed by atoms with Crippen LogP contribution in [0.3, 0.4) is 0 Å². The third kappa shape index (κ3) is 1.90. The molecule has 1 aromatic rings. The molecule has 1 amide bonds. The Morgan fingerprint density at radius 2 is 2.06 bits per heavy atom. The predicted molar refractivity (Wildman–Crippen MR) is 62.5 cm³/mol. The van der Waals surface area contributed by atoms with E-state index in [0.717, 1.165) is 11.8 Å². The summed E-state index contributed by atoms with van der Waals surface area (Å²) in [5.74, 6) is 0. The highest BCUT2D eigenvalue weighted by molar-refractivity contribution is 5.80. The van der Waals surface area contributed by atoms with E-state index in [4.69, 9.17) is 4.74 Å². The zero-order chi connectivity index (χ0) is 12.5. The Hall–Kier alpha value is -1.84. The molecule has 2 rings (SSSR count). The number of carbonyl (C=O) groups excluding carboxylic acids is 2. The SMILES string of the molecule is C[C@@H](c1ccccc1)N1C(=O)OC[C@@]1(C)C=O. The average Bonchev–Trinajstić information content (AvgIpc) is 2.66. The van der Waals surface area contributed by atoms with Crippen LogP contribution in [0.2, 0.25) is 0 Å². The summed E-state index contributed by atoms with van der Waals surface area (Å²) < 4.78 is 4.97. The first-order valence-corrected chi connectivity index (χ1v) is 5.56. The minimum absolute atomic E-state index is 0.118. The summed E-state index contributed by atoms with van der Waals surface area (Å²) >= 11 is 0. The molecule has 0 N–H and O–H groups in total. The zero-order valence-corrected chi connectivity index (χ0v) is 9.92. The number of hydrogen-bond acceptors (Lipinski definition) is 3. The quantitative estimate of drug-likeness (QED) is 0.751. The Balaban J connectivity index is 2.32. The molecule has 4 nitrogen and oxygen atoms in total. The van der Waals surface area contributed by atoms with Crippen LogP contribution in [-0.2, 0) is 9.53 Å². The summed E-state index contributed by atoms with van der Waals surface area (Å²) in [7, 11) is 0. The summed E-state index contributed by atoms with van der Waals surface area (Å²) in [5.41, 5.74) is 0.117. The monoisotopic (exact) mass is 233 g/mol. The second-order valence-electron chi connectivity index (χ2n) is 4.49. The Kier molecular flexibility index (Phi) is 2.88. The van der Waals surface area contributed by atoms with E-state index in [1.54, 1.807) is 6.92 Å². The average molecular weight is 233 g/mol. The molecule has 0 aliphatic carbocycles. The first kappa shape index (κ1) is 11.6. The van der Waals surface area contributed by atoms with Crippen molar-refractivity contribution in [3.63, 3.8) is 0 Å². The molecule has 1 aliphatic heterocycles. The lowest BCUT2D eigenvalue weighted by molar-refractivity contribution is -0.116. The minimum Gasteiger partial charge on any atom is -0.446 e. The van der Waals surface area contributed by atoms with Gasteiger partial charge in [0.05, 0.1) is 6.04 Å². The maximum atomic E-state index is 11.7. The first-order chi connectivity index (χ1) is 8.08. The maximum absolute atomic E-state index is 11.7. The van der Waals surface area contributed by atoms with E-state index in [1.807, 2.05) is 37.3 Å².